The van der Waals surface area contributed by atoms with Crippen LogP contribution in [0.5, 0.6) is 0 Å². The standard InChI is InChI=1S/C12H16FN3O3S/c1-7-4-9(13)10(14)5-11(7)20(18,19)16-3-2-8(6-16)12(15)17/h4-5,8H,2-3,6,14H2,1H3,(H2,15,17). The fourth-order valence-electron chi connectivity index (χ4n) is 2.26. The Balaban J connectivity index is 2.37. The van der Waals surface area contributed by atoms with E-state index < -0.39 is 27.7 Å². The molecule has 1 fully saturated rings. The minimum Gasteiger partial charge on any atom is -0.396 e. The molecule has 8 heteroatoms. The number of sulfonamides is 1. The van der Waals surface area contributed by atoms with Gasteiger partial charge in [-0.05, 0) is 31.0 Å². The molecule has 20 heavy (non-hydrogen) atoms. The number of benzene rings is 1. The average molecular weight is 301 g/mol. The zero-order chi connectivity index (χ0) is 15.1. The normalized spacial score (nSPS) is 20.2. The topological polar surface area (TPSA) is 106 Å². The van der Waals surface area contributed by atoms with Crippen LogP contribution in [0.2, 0.25) is 0 Å². The molecule has 1 aliphatic heterocycles. The quantitative estimate of drug-likeness (QED) is 0.778. The number of carbonyl (C=O) groups excluding carboxylic acids is 1. The van der Waals surface area contributed by atoms with Gasteiger partial charge in [0, 0.05) is 13.1 Å². The van der Waals surface area contributed by atoms with E-state index in [-0.39, 0.29) is 29.2 Å². The van der Waals surface area contributed by atoms with Crippen molar-refractivity contribution in [2.75, 3.05) is 18.8 Å². The number of primary amides is 1. The molecule has 2 rings (SSSR count). The zero-order valence-electron chi connectivity index (χ0n) is 11.0. The van der Waals surface area contributed by atoms with E-state index in [1.807, 2.05) is 0 Å². The highest BCUT2D eigenvalue weighted by atomic mass is 32.2. The maximum Gasteiger partial charge on any atom is 0.243 e. The van der Waals surface area contributed by atoms with E-state index in [1.165, 1.54) is 11.2 Å². The first kappa shape index (κ1) is 14.7. The molecule has 0 spiro atoms. The van der Waals surface area contributed by atoms with Gasteiger partial charge in [0.15, 0.2) is 0 Å². The van der Waals surface area contributed by atoms with Gasteiger partial charge in [0.25, 0.3) is 0 Å². The van der Waals surface area contributed by atoms with Crippen molar-refractivity contribution in [3.8, 4) is 0 Å². The fourth-order valence-corrected chi connectivity index (χ4v) is 4.01. The van der Waals surface area contributed by atoms with Crippen LogP contribution in [-0.4, -0.2) is 31.7 Å². The smallest absolute Gasteiger partial charge is 0.243 e. The maximum atomic E-state index is 13.3. The number of nitrogens with zero attached hydrogens (tertiary/aromatic N) is 1. The van der Waals surface area contributed by atoms with E-state index in [2.05, 4.69) is 0 Å². The van der Waals surface area contributed by atoms with E-state index in [1.54, 1.807) is 0 Å². The second-order valence-corrected chi connectivity index (χ2v) is 6.80. The number of hydrogen-bond acceptors (Lipinski definition) is 4. The van der Waals surface area contributed by atoms with Gasteiger partial charge in [0.05, 0.1) is 16.5 Å². The van der Waals surface area contributed by atoms with Gasteiger partial charge >= 0.3 is 0 Å². The van der Waals surface area contributed by atoms with Crippen molar-refractivity contribution in [1.82, 2.24) is 4.31 Å². The highest BCUT2D eigenvalue weighted by Gasteiger charge is 2.35. The first-order valence-corrected chi connectivity index (χ1v) is 7.52. The van der Waals surface area contributed by atoms with Crippen molar-refractivity contribution in [2.24, 2.45) is 11.7 Å². The van der Waals surface area contributed by atoms with Gasteiger partial charge in [-0.15, -0.1) is 0 Å². The molecule has 1 heterocycles. The largest absolute Gasteiger partial charge is 0.396 e. The highest BCUT2D eigenvalue weighted by molar-refractivity contribution is 7.89. The molecular weight excluding hydrogens is 285 g/mol. The van der Waals surface area contributed by atoms with Crippen LogP contribution in [0.15, 0.2) is 17.0 Å². The summed E-state index contributed by atoms with van der Waals surface area (Å²) < 4.78 is 39.4. The van der Waals surface area contributed by atoms with E-state index >= 15 is 0 Å². The summed E-state index contributed by atoms with van der Waals surface area (Å²) in [4.78, 5) is 11.1. The summed E-state index contributed by atoms with van der Waals surface area (Å²) in [5.74, 6) is -1.65. The van der Waals surface area contributed by atoms with Crippen LogP contribution in [0.4, 0.5) is 10.1 Å². The summed E-state index contributed by atoms with van der Waals surface area (Å²) >= 11 is 0. The van der Waals surface area contributed by atoms with E-state index in [4.69, 9.17) is 11.5 Å². The van der Waals surface area contributed by atoms with Crippen LogP contribution >= 0.6 is 0 Å². The monoisotopic (exact) mass is 301 g/mol. The third kappa shape index (κ3) is 2.48. The number of nitrogens with two attached hydrogens (primary N) is 2. The van der Waals surface area contributed by atoms with Crippen molar-refractivity contribution in [3.05, 3.63) is 23.5 Å². The molecule has 4 N–H and O–H groups in total. The molecule has 1 aliphatic rings. The number of rotatable bonds is 3. The molecule has 1 aromatic rings. The lowest BCUT2D eigenvalue weighted by molar-refractivity contribution is -0.121. The number of amides is 1. The number of carbonyl (C=O) groups is 1. The van der Waals surface area contributed by atoms with E-state index in [0.717, 1.165) is 12.1 Å². The minimum atomic E-state index is -3.80. The van der Waals surface area contributed by atoms with Crippen molar-refractivity contribution in [1.29, 1.82) is 0 Å². The molecule has 1 aromatic carbocycles. The van der Waals surface area contributed by atoms with Gasteiger partial charge in [-0.1, -0.05) is 0 Å². The van der Waals surface area contributed by atoms with Crippen molar-refractivity contribution < 1.29 is 17.6 Å². The van der Waals surface area contributed by atoms with Gasteiger partial charge in [0.2, 0.25) is 15.9 Å². The Hall–Kier alpha value is -1.67. The van der Waals surface area contributed by atoms with Crippen molar-refractivity contribution in [2.45, 2.75) is 18.2 Å². The van der Waals surface area contributed by atoms with Crippen LogP contribution in [0.3, 0.4) is 0 Å². The number of hydrogen-bond donors (Lipinski definition) is 2. The van der Waals surface area contributed by atoms with Crippen molar-refractivity contribution in [3.63, 3.8) is 0 Å². The molecular formula is C12H16FN3O3S. The third-order valence-corrected chi connectivity index (χ3v) is 5.47. The Morgan fingerprint density at radius 2 is 2.10 bits per heavy atom. The minimum absolute atomic E-state index is 0.0403. The zero-order valence-corrected chi connectivity index (χ0v) is 11.8. The van der Waals surface area contributed by atoms with Crippen LogP contribution in [0.25, 0.3) is 0 Å². The summed E-state index contributed by atoms with van der Waals surface area (Å²) in [6, 6.07) is 2.20. The van der Waals surface area contributed by atoms with Gasteiger partial charge in [-0.25, -0.2) is 12.8 Å². The Labute approximate surface area is 116 Å². The lowest BCUT2D eigenvalue weighted by atomic mass is 10.1. The maximum absolute atomic E-state index is 13.3. The lowest BCUT2D eigenvalue weighted by Crippen LogP contribution is -2.32. The van der Waals surface area contributed by atoms with E-state index in [9.17, 15) is 17.6 Å². The highest BCUT2D eigenvalue weighted by Crippen LogP contribution is 2.28. The molecule has 0 aromatic heterocycles. The molecule has 0 radical (unpaired) electrons. The Morgan fingerprint density at radius 3 is 2.65 bits per heavy atom. The molecule has 0 aliphatic carbocycles. The van der Waals surface area contributed by atoms with Crippen LogP contribution in [0, 0.1) is 18.7 Å². The van der Waals surface area contributed by atoms with Gasteiger partial charge in [-0.3, -0.25) is 4.79 Å². The molecule has 110 valence electrons. The number of halogens is 1. The SMILES string of the molecule is Cc1cc(F)c(N)cc1S(=O)(=O)N1CCC(C(N)=O)C1. The van der Waals surface area contributed by atoms with Gasteiger partial charge in [-0.2, -0.15) is 4.31 Å². The van der Waals surface area contributed by atoms with Crippen LogP contribution < -0.4 is 11.5 Å². The van der Waals surface area contributed by atoms with Crippen molar-refractivity contribution >= 4 is 21.6 Å². The molecule has 0 bridgehead atoms. The number of nitrogen functional groups attached to an aromatic ring is 1. The number of anilines is 1. The van der Waals surface area contributed by atoms with E-state index in [0.29, 0.717) is 6.42 Å². The average Bonchev–Trinajstić information content (AvgIpc) is 2.83. The third-order valence-electron chi connectivity index (χ3n) is 3.47. The van der Waals surface area contributed by atoms with Gasteiger partial charge < -0.3 is 11.5 Å². The predicted octanol–water partition coefficient (Wildman–Crippen LogP) is 0.212. The summed E-state index contributed by atoms with van der Waals surface area (Å²) in [6.07, 6.45) is 0.393. The summed E-state index contributed by atoms with van der Waals surface area (Å²) in [5, 5.41) is 0. The summed E-state index contributed by atoms with van der Waals surface area (Å²) in [7, 11) is -3.80. The Kier molecular flexibility index (Phi) is 3.70. The summed E-state index contributed by atoms with van der Waals surface area (Å²) in [5.41, 5.74) is 10.7. The second kappa shape index (κ2) is 5.02. The van der Waals surface area contributed by atoms with Gasteiger partial charge in [0.1, 0.15) is 5.82 Å². The molecule has 1 atom stereocenters. The fraction of sp³-hybridized carbons (Fsp3) is 0.417. The lowest BCUT2D eigenvalue weighted by Gasteiger charge is -2.18. The molecule has 0 saturated carbocycles. The Bertz CT molecular complexity index is 660. The van der Waals surface area contributed by atoms with Crippen LogP contribution in [0.1, 0.15) is 12.0 Å². The Morgan fingerprint density at radius 1 is 1.45 bits per heavy atom. The summed E-state index contributed by atoms with van der Waals surface area (Å²) in [6.45, 7) is 1.76. The molecule has 1 unspecified atom stereocenters. The predicted molar refractivity (Wildman–Crippen MR) is 71.6 cm³/mol. The van der Waals surface area contributed by atoms with Crippen LogP contribution in [-0.2, 0) is 14.8 Å². The first-order valence-electron chi connectivity index (χ1n) is 6.08. The molecule has 1 amide bonds. The molecule has 1 saturated heterocycles. The molecule has 6 nitrogen and oxygen atoms in total. The number of aryl methyl sites for hydroxylation is 1. The second-order valence-electron chi connectivity index (χ2n) is 4.89. The first-order chi connectivity index (χ1) is 9.23.